The lowest BCUT2D eigenvalue weighted by atomic mass is 10.2. The average molecular weight is 284 g/mol. The summed E-state index contributed by atoms with van der Waals surface area (Å²) in [6.07, 6.45) is 0.777. The first-order valence-electron chi connectivity index (χ1n) is 6.56. The molecule has 0 radical (unpaired) electrons. The summed E-state index contributed by atoms with van der Waals surface area (Å²) in [7, 11) is 0. The number of hydrogen-bond acceptors (Lipinski definition) is 3. The molecule has 5 heteroatoms. The Kier molecular flexibility index (Phi) is 5.34. The molecule has 2 aromatic rings. The predicted molar refractivity (Wildman–Crippen MR) is 80.8 cm³/mol. The Labute approximate surface area is 122 Å². The largest absolute Gasteiger partial charge is 0.492 e. The number of para-hydroxylation sites is 1. The molecule has 2 rings (SSSR count). The molecule has 0 aliphatic heterocycles. The summed E-state index contributed by atoms with van der Waals surface area (Å²) >= 11 is 0. The van der Waals surface area contributed by atoms with Crippen LogP contribution in [0.3, 0.4) is 0 Å². The van der Waals surface area contributed by atoms with Crippen molar-refractivity contribution in [3.63, 3.8) is 0 Å². The summed E-state index contributed by atoms with van der Waals surface area (Å²) in [6.45, 7) is 0.733. The van der Waals surface area contributed by atoms with Crippen molar-refractivity contribution in [2.75, 3.05) is 18.5 Å². The number of amides is 2. The Balaban J connectivity index is 1.67. The standard InChI is InChI=1S/C16H16N2O3/c19-12-13-6-8-15(9-7-13)21-11-10-17-16(20)18-14-4-2-1-3-5-14/h1-9,12H,10-11H2,(H2,17,18,20). The van der Waals surface area contributed by atoms with E-state index in [0.29, 0.717) is 24.5 Å². The quantitative estimate of drug-likeness (QED) is 0.633. The first-order chi connectivity index (χ1) is 10.3. The van der Waals surface area contributed by atoms with Crippen LogP contribution >= 0.6 is 0 Å². The maximum absolute atomic E-state index is 11.6. The van der Waals surface area contributed by atoms with E-state index in [-0.39, 0.29) is 6.03 Å². The summed E-state index contributed by atoms with van der Waals surface area (Å²) in [5.74, 6) is 0.658. The fraction of sp³-hybridized carbons (Fsp3) is 0.125. The van der Waals surface area contributed by atoms with Crippen LogP contribution in [0.2, 0.25) is 0 Å². The van der Waals surface area contributed by atoms with E-state index >= 15 is 0 Å². The van der Waals surface area contributed by atoms with Crippen molar-refractivity contribution in [2.45, 2.75) is 0 Å². The van der Waals surface area contributed by atoms with Crippen molar-refractivity contribution in [3.8, 4) is 5.75 Å². The van der Waals surface area contributed by atoms with Crippen LogP contribution in [0.4, 0.5) is 10.5 Å². The summed E-state index contributed by atoms with van der Waals surface area (Å²) in [5.41, 5.74) is 1.34. The van der Waals surface area contributed by atoms with Crippen LogP contribution in [0.5, 0.6) is 5.75 Å². The van der Waals surface area contributed by atoms with Crippen LogP contribution in [0.1, 0.15) is 10.4 Å². The molecule has 2 aromatic carbocycles. The normalized spacial score (nSPS) is 9.71. The van der Waals surface area contributed by atoms with Crippen LogP contribution in [0.15, 0.2) is 54.6 Å². The minimum atomic E-state index is -0.277. The number of hydrogen-bond donors (Lipinski definition) is 2. The molecule has 0 saturated heterocycles. The molecule has 21 heavy (non-hydrogen) atoms. The Morgan fingerprint density at radius 1 is 1.05 bits per heavy atom. The molecule has 0 fully saturated rings. The van der Waals surface area contributed by atoms with Gasteiger partial charge < -0.3 is 15.4 Å². The van der Waals surface area contributed by atoms with Gasteiger partial charge in [-0.25, -0.2) is 4.79 Å². The Morgan fingerprint density at radius 3 is 2.43 bits per heavy atom. The third-order valence-electron chi connectivity index (χ3n) is 2.70. The van der Waals surface area contributed by atoms with E-state index in [1.807, 2.05) is 30.3 Å². The SMILES string of the molecule is O=Cc1ccc(OCCNC(=O)Nc2ccccc2)cc1. The van der Waals surface area contributed by atoms with Gasteiger partial charge in [0, 0.05) is 11.3 Å². The second-order valence-electron chi connectivity index (χ2n) is 4.28. The third-order valence-corrected chi connectivity index (χ3v) is 2.70. The van der Waals surface area contributed by atoms with E-state index in [1.54, 1.807) is 24.3 Å². The first kappa shape index (κ1) is 14.6. The van der Waals surface area contributed by atoms with Gasteiger partial charge in [0.15, 0.2) is 0 Å². The Morgan fingerprint density at radius 2 is 1.76 bits per heavy atom. The molecule has 2 N–H and O–H groups in total. The highest BCUT2D eigenvalue weighted by Gasteiger charge is 2.00. The molecule has 0 aromatic heterocycles. The van der Waals surface area contributed by atoms with E-state index in [2.05, 4.69) is 10.6 Å². The van der Waals surface area contributed by atoms with Gasteiger partial charge >= 0.3 is 6.03 Å². The average Bonchev–Trinajstić information content (AvgIpc) is 2.53. The zero-order chi connectivity index (χ0) is 14.9. The minimum absolute atomic E-state index is 0.277. The molecule has 0 heterocycles. The van der Waals surface area contributed by atoms with Crippen LogP contribution in [-0.4, -0.2) is 25.5 Å². The molecular formula is C16H16N2O3. The Hall–Kier alpha value is -2.82. The van der Waals surface area contributed by atoms with Gasteiger partial charge in [0.1, 0.15) is 18.6 Å². The molecule has 0 saturated carbocycles. The van der Waals surface area contributed by atoms with Crippen LogP contribution < -0.4 is 15.4 Å². The third kappa shape index (κ3) is 4.99. The van der Waals surface area contributed by atoms with Gasteiger partial charge in [-0.1, -0.05) is 18.2 Å². The molecule has 2 amide bonds. The first-order valence-corrected chi connectivity index (χ1v) is 6.56. The van der Waals surface area contributed by atoms with Crippen molar-refractivity contribution >= 4 is 18.0 Å². The fourth-order valence-electron chi connectivity index (χ4n) is 1.67. The minimum Gasteiger partial charge on any atom is -0.492 e. The molecule has 0 unspecified atom stereocenters. The molecule has 5 nitrogen and oxygen atoms in total. The zero-order valence-electron chi connectivity index (χ0n) is 11.4. The number of benzene rings is 2. The number of carbonyl (C=O) groups excluding carboxylic acids is 2. The lowest BCUT2D eigenvalue weighted by Crippen LogP contribution is -2.32. The second-order valence-corrected chi connectivity index (χ2v) is 4.28. The van der Waals surface area contributed by atoms with Gasteiger partial charge in [0.05, 0.1) is 6.54 Å². The number of ether oxygens (including phenoxy) is 1. The number of anilines is 1. The van der Waals surface area contributed by atoms with E-state index in [9.17, 15) is 9.59 Å². The van der Waals surface area contributed by atoms with Gasteiger partial charge in [-0.05, 0) is 36.4 Å². The summed E-state index contributed by atoms with van der Waals surface area (Å²) in [4.78, 5) is 22.1. The summed E-state index contributed by atoms with van der Waals surface area (Å²) in [5, 5.41) is 5.40. The lowest BCUT2D eigenvalue weighted by molar-refractivity contribution is 0.112. The molecule has 0 atom stereocenters. The maximum Gasteiger partial charge on any atom is 0.319 e. The van der Waals surface area contributed by atoms with Crippen molar-refractivity contribution < 1.29 is 14.3 Å². The maximum atomic E-state index is 11.6. The Bertz CT molecular complexity index is 582. The number of aldehydes is 1. The van der Waals surface area contributed by atoms with E-state index in [1.165, 1.54) is 0 Å². The van der Waals surface area contributed by atoms with Gasteiger partial charge in [-0.3, -0.25) is 4.79 Å². The fourth-order valence-corrected chi connectivity index (χ4v) is 1.67. The van der Waals surface area contributed by atoms with Gasteiger partial charge in [0.2, 0.25) is 0 Å². The predicted octanol–water partition coefficient (Wildman–Crippen LogP) is 2.70. The molecule has 108 valence electrons. The van der Waals surface area contributed by atoms with Crippen molar-refractivity contribution in [1.29, 1.82) is 0 Å². The summed E-state index contributed by atoms with van der Waals surface area (Å²) < 4.78 is 5.45. The second kappa shape index (κ2) is 7.69. The molecule has 0 bridgehead atoms. The van der Waals surface area contributed by atoms with Crippen molar-refractivity contribution in [1.82, 2.24) is 5.32 Å². The van der Waals surface area contributed by atoms with Gasteiger partial charge in [-0.2, -0.15) is 0 Å². The van der Waals surface area contributed by atoms with Crippen LogP contribution in [0.25, 0.3) is 0 Å². The van der Waals surface area contributed by atoms with E-state index in [4.69, 9.17) is 4.74 Å². The molecule has 0 aliphatic rings. The number of urea groups is 1. The highest BCUT2D eigenvalue weighted by atomic mass is 16.5. The van der Waals surface area contributed by atoms with Crippen LogP contribution in [0, 0.1) is 0 Å². The monoisotopic (exact) mass is 284 g/mol. The van der Waals surface area contributed by atoms with Gasteiger partial charge in [-0.15, -0.1) is 0 Å². The molecule has 0 aliphatic carbocycles. The number of rotatable bonds is 6. The van der Waals surface area contributed by atoms with Crippen molar-refractivity contribution in [3.05, 3.63) is 60.2 Å². The topological polar surface area (TPSA) is 67.4 Å². The smallest absolute Gasteiger partial charge is 0.319 e. The van der Waals surface area contributed by atoms with Crippen LogP contribution in [-0.2, 0) is 0 Å². The number of carbonyl (C=O) groups is 2. The molecular weight excluding hydrogens is 268 g/mol. The highest BCUT2D eigenvalue weighted by molar-refractivity contribution is 5.89. The highest BCUT2D eigenvalue weighted by Crippen LogP contribution is 2.10. The summed E-state index contributed by atoms with van der Waals surface area (Å²) in [6, 6.07) is 15.7. The number of nitrogens with one attached hydrogen (secondary N) is 2. The van der Waals surface area contributed by atoms with E-state index < -0.39 is 0 Å². The van der Waals surface area contributed by atoms with E-state index in [0.717, 1.165) is 12.0 Å². The zero-order valence-corrected chi connectivity index (χ0v) is 11.4. The molecule has 0 spiro atoms. The van der Waals surface area contributed by atoms with Gasteiger partial charge in [0.25, 0.3) is 0 Å². The lowest BCUT2D eigenvalue weighted by Gasteiger charge is -2.09. The van der Waals surface area contributed by atoms with Crippen molar-refractivity contribution in [2.24, 2.45) is 0 Å².